The van der Waals surface area contributed by atoms with Crippen molar-refractivity contribution < 1.29 is 0 Å². The van der Waals surface area contributed by atoms with Crippen molar-refractivity contribution >= 4 is 51.3 Å². The molecule has 0 heterocycles. The van der Waals surface area contributed by atoms with Crippen LogP contribution >= 0.6 is 45.2 Å². The summed E-state index contributed by atoms with van der Waals surface area (Å²) in [6, 6.07) is 4.61. The SMILES string of the molecule is CCCCCCC/C(=C/c1cc(C)cc(C)c1C)C(C)(I)I. The first kappa shape index (κ1) is 20.5. The molecule has 0 N–H and O–H groups in total. The zero-order valence-corrected chi connectivity index (χ0v) is 19.0. The van der Waals surface area contributed by atoms with Crippen LogP contribution < -0.4 is 0 Å². The Labute approximate surface area is 164 Å². The predicted octanol–water partition coefficient (Wildman–Crippen LogP) is 7.94. The number of halogens is 2. The van der Waals surface area contributed by atoms with Gasteiger partial charge in [-0.25, -0.2) is 0 Å². The molecular formula is C20H30I2. The Bertz CT molecular complexity index is 507. The maximum Gasteiger partial charge on any atom is 0.0917 e. The molecule has 0 nitrogen and oxygen atoms in total. The molecule has 0 unspecified atom stereocenters. The summed E-state index contributed by atoms with van der Waals surface area (Å²) in [5.74, 6) is 0. The largest absolute Gasteiger partial charge is 0.0917 e. The lowest BCUT2D eigenvalue weighted by molar-refractivity contribution is 0.628. The first-order chi connectivity index (χ1) is 10.3. The van der Waals surface area contributed by atoms with E-state index in [1.165, 1.54) is 60.8 Å². The minimum Gasteiger partial charge on any atom is -0.0654 e. The number of allylic oxidation sites excluding steroid dienone is 1. The summed E-state index contributed by atoms with van der Waals surface area (Å²) in [7, 11) is 0. The molecule has 0 radical (unpaired) electrons. The minimum atomic E-state index is 0.199. The number of alkyl halides is 2. The average Bonchev–Trinajstić information content (AvgIpc) is 2.41. The highest BCUT2D eigenvalue weighted by atomic mass is 127. The van der Waals surface area contributed by atoms with Gasteiger partial charge in [0.15, 0.2) is 0 Å². The average molecular weight is 524 g/mol. The maximum atomic E-state index is 2.58. The second-order valence-electron chi connectivity index (χ2n) is 6.52. The van der Waals surface area contributed by atoms with Gasteiger partial charge in [-0.05, 0) is 62.8 Å². The van der Waals surface area contributed by atoms with Crippen LogP contribution in [-0.2, 0) is 0 Å². The van der Waals surface area contributed by atoms with Gasteiger partial charge in [-0.15, -0.1) is 0 Å². The summed E-state index contributed by atoms with van der Waals surface area (Å²) in [5, 5.41) is 0. The van der Waals surface area contributed by atoms with Crippen molar-refractivity contribution in [3.8, 4) is 0 Å². The van der Waals surface area contributed by atoms with E-state index in [2.05, 4.69) is 98.0 Å². The Morgan fingerprint density at radius 3 is 2.27 bits per heavy atom. The third kappa shape index (κ3) is 6.90. The summed E-state index contributed by atoms with van der Waals surface area (Å²) in [6.45, 7) is 11.3. The van der Waals surface area contributed by atoms with Crippen LogP contribution in [0.4, 0.5) is 0 Å². The van der Waals surface area contributed by atoms with Crippen molar-refractivity contribution in [1.29, 1.82) is 0 Å². The van der Waals surface area contributed by atoms with Crippen molar-refractivity contribution in [2.24, 2.45) is 0 Å². The summed E-state index contributed by atoms with van der Waals surface area (Å²) in [4.78, 5) is 0. The normalized spacial score (nSPS) is 12.8. The predicted molar refractivity (Wildman–Crippen MR) is 118 cm³/mol. The van der Waals surface area contributed by atoms with Gasteiger partial charge in [0.1, 0.15) is 0 Å². The fourth-order valence-corrected chi connectivity index (χ4v) is 3.60. The van der Waals surface area contributed by atoms with Crippen LogP contribution in [0, 0.1) is 20.8 Å². The standard InChI is InChI=1S/C20H30I2/c1-6-7-8-9-10-11-19(20(5,21)22)14-18-13-15(2)12-16(3)17(18)4/h12-14H,6-11H2,1-5H3/b19-14-. The van der Waals surface area contributed by atoms with E-state index in [0.717, 1.165) is 0 Å². The van der Waals surface area contributed by atoms with Crippen molar-refractivity contribution in [3.63, 3.8) is 0 Å². The van der Waals surface area contributed by atoms with Crippen LogP contribution in [0.2, 0.25) is 0 Å². The second-order valence-corrected chi connectivity index (χ2v) is 12.9. The molecule has 0 aliphatic rings. The van der Waals surface area contributed by atoms with Gasteiger partial charge in [-0.2, -0.15) is 0 Å². The Balaban J connectivity index is 2.93. The molecule has 0 aromatic heterocycles. The molecule has 1 aromatic rings. The Kier molecular flexibility index (Phi) is 8.98. The molecule has 2 heteroatoms. The fraction of sp³-hybridized carbons (Fsp3) is 0.600. The van der Waals surface area contributed by atoms with Gasteiger partial charge in [0.25, 0.3) is 0 Å². The van der Waals surface area contributed by atoms with Gasteiger partial charge < -0.3 is 0 Å². The maximum absolute atomic E-state index is 2.58. The third-order valence-corrected chi connectivity index (χ3v) is 5.68. The molecular weight excluding hydrogens is 494 g/mol. The lowest BCUT2D eigenvalue weighted by atomic mass is 9.96. The molecule has 0 spiro atoms. The molecule has 22 heavy (non-hydrogen) atoms. The summed E-state index contributed by atoms with van der Waals surface area (Å²) >= 11 is 5.16. The van der Waals surface area contributed by atoms with E-state index < -0.39 is 0 Å². The van der Waals surface area contributed by atoms with Crippen LogP contribution in [0.25, 0.3) is 6.08 Å². The molecule has 0 atom stereocenters. The topological polar surface area (TPSA) is 0 Å². The summed E-state index contributed by atoms with van der Waals surface area (Å²) in [6.07, 6.45) is 10.4. The van der Waals surface area contributed by atoms with E-state index in [4.69, 9.17) is 0 Å². The number of benzene rings is 1. The van der Waals surface area contributed by atoms with Crippen molar-refractivity contribution in [3.05, 3.63) is 40.0 Å². The number of aryl methyl sites for hydroxylation is 2. The minimum absolute atomic E-state index is 0.199. The van der Waals surface area contributed by atoms with Crippen LogP contribution in [0.15, 0.2) is 17.7 Å². The smallest absolute Gasteiger partial charge is 0.0654 e. The molecule has 0 fully saturated rings. The molecule has 1 aromatic carbocycles. The van der Waals surface area contributed by atoms with Crippen LogP contribution in [0.5, 0.6) is 0 Å². The third-order valence-electron chi connectivity index (χ3n) is 4.30. The van der Waals surface area contributed by atoms with Crippen LogP contribution in [0.1, 0.15) is 74.6 Å². The number of rotatable bonds is 8. The second kappa shape index (κ2) is 9.65. The molecule has 0 amide bonds. The van der Waals surface area contributed by atoms with Gasteiger partial charge >= 0.3 is 0 Å². The lowest BCUT2D eigenvalue weighted by Gasteiger charge is -2.21. The molecule has 124 valence electrons. The van der Waals surface area contributed by atoms with E-state index in [-0.39, 0.29) is 1.43 Å². The van der Waals surface area contributed by atoms with Gasteiger partial charge in [0, 0.05) is 0 Å². The highest BCUT2D eigenvalue weighted by Crippen LogP contribution is 2.39. The molecule has 0 bridgehead atoms. The Morgan fingerprint density at radius 2 is 1.68 bits per heavy atom. The molecule has 0 saturated carbocycles. The van der Waals surface area contributed by atoms with Gasteiger partial charge in [-0.1, -0.05) is 102 Å². The van der Waals surface area contributed by atoms with E-state index in [0.29, 0.717) is 0 Å². The van der Waals surface area contributed by atoms with E-state index in [1.807, 2.05) is 0 Å². The van der Waals surface area contributed by atoms with Gasteiger partial charge in [0.05, 0.1) is 1.43 Å². The highest BCUT2D eigenvalue weighted by Gasteiger charge is 2.21. The monoisotopic (exact) mass is 524 g/mol. The van der Waals surface area contributed by atoms with Crippen molar-refractivity contribution in [2.75, 3.05) is 0 Å². The zero-order chi connectivity index (χ0) is 16.8. The summed E-state index contributed by atoms with van der Waals surface area (Å²) in [5.41, 5.74) is 7.16. The van der Waals surface area contributed by atoms with Crippen molar-refractivity contribution in [2.45, 2.75) is 74.6 Å². The molecule has 0 aliphatic heterocycles. The van der Waals surface area contributed by atoms with Gasteiger partial charge in [0.2, 0.25) is 0 Å². The quantitative estimate of drug-likeness (QED) is 0.184. The summed E-state index contributed by atoms with van der Waals surface area (Å²) < 4.78 is 0.199. The van der Waals surface area contributed by atoms with Crippen molar-refractivity contribution in [1.82, 2.24) is 0 Å². The number of hydrogen-bond acceptors (Lipinski definition) is 0. The van der Waals surface area contributed by atoms with Gasteiger partial charge in [-0.3, -0.25) is 0 Å². The van der Waals surface area contributed by atoms with E-state index >= 15 is 0 Å². The Morgan fingerprint density at radius 1 is 1.05 bits per heavy atom. The molecule has 0 saturated heterocycles. The lowest BCUT2D eigenvalue weighted by Crippen LogP contribution is -2.09. The fourth-order valence-electron chi connectivity index (χ4n) is 2.75. The Hall–Kier alpha value is 0.420. The van der Waals surface area contributed by atoms with Crippen LogP contribution in [0.3, 0.4) is 0 Å². The number of unbranched alkanes of at least 4 members (excludes halogenated alkanes) is 4. The highest BCUT2D eigenvalue weighted by molar-refractivity contribution is 14.2. The van der Waals surface area contributed by atoms with E-state index in [1.54, 1.807) is 5.57 Å². The molecule has 1 rings (SSSR count). The first-order valence-electron chi connectivity index (χ1n) is 8.42. The van der Waals surface area contributed by atoms with Crippen LogP contribution in [-0.4, -0.2) is 1.43 Å². The van der Waals surface area contributed by atoms with E-state index in [9.17, 15) is 0 Å². The molecule has 0 aliphatic carbocycles. The zero-order valence-electron chi connectivity index (χ0n) is 14.7. The number of hydrogen-bond donors (Lipinski definition) is 0. The first-order valence-corrected chi connectivity index (χ1v) is 10.6.